The molecule has 17 heavy (non-hydrogen) atoms. The minimum atomic E-state index is -3.25. The zero-order valence-electron chi connectivity index (χ0n) is 9.90. The maximum absolute atomic E-state index is 11.7. The third kappa shape index (κ3) is 2.91. The summed E-state index contributed by atoms with van der Waals surface area (Å²) in [4.78, 5) is 0. The Morgan fingerprint density at radius 3 is 3.00 bits per heavy atom. The van der Waals surface area contributed by atoms with Gasteiger partial charge in [-0.05, 0) is 30.9 Å². The summed E-state index contributed by atoms with van der Waals surface area (Å²) < 4.78 is 31.6. The monoisotopic (exact) mass is 255 g/mol. The van der Waals surface area contributed by atoms with Crippen molar-refractivity contribution in [2.24, 2.45) is 0 Å². The number of aryl methyl sites for hydroxylation is 1. The van der Waals surface area contributed by atoms with Crippen LogP contribution in [0.4, 0.5) is 5.69 Å². The summed E-state index contributed by atoms with van der Waals surface area (Å²) in [6.07, 6.45) is 2.53. The number of hydrogen-bond donors (Lipinski definition) is 1. The molecule has 1 N–H and O–H groups in total. The van der Waals surface area contributed by atoms with Crippen LogP contribution in [0.25, 0.3) is 0 Å². The summed E-state index contributed by atoms with van der Waals surface area (Å²) in [5.74, 6) is 0.829. The summed E-state index contributed by atoms with van der Waals surface area (Å²) in [6.45, 7) is 2.50. The van der Waals surface area contributed by atoms with Gasteiger partial charge in [0.1, 0.15) is 5.75 Å². The highest BCUT2D eigenvalue weighted by Gasteiger charge is 2.17. The average Bonchev–Trinajstić information content (AvgIpc) is 2.29. The number of nitrogens with one attached hydrogen (secondary N) is 1. The molecule has 0 aromatic heterocycles. The quantitative estimate of drug-likeness (QED) is 0.897. The standard InChI is InChI=1S/C12H17NO3S/c1-2-9-17(14,15)13-11-7-3-5-10-6-4-8-16-12(10)11/h3,5,7,13H,2,4,6,8-9H2,1H3. The summed E-state index contributed by atoms with van der Waals surface area (Å²) in [5, 5.41) is 0. The fourth-order valence-electron chi connectivity index (χ4n) is 1.96. The minimum absolute atomic E-state index is 0.136. The molecule has 1 aromatic rings. The predicted octanol–water partition coefficient (Wildman–Crippen LogP) is 2.16. The molecule has 5 heteroatoms. The van der Waals surface area contributed by atoms with Crippen molar-refractivity contribution in [3.05, 3.63) is 23.8 Å². The van der Waals surface area contributed by atoms with Crippen molar-refractivity contribution >= 4 is 15.7 Å². The van der Waals surface area contributed by atoms with Gasteiger partial charge in [0.25, 0.3) is 0 Å². The van der Waals surface area contributed by atoms with Gasteiger partial charge < -0.3 is 4.74 Å². The zero-order valence-corrected chi connectivity index (χ0v) is 10.7. The Morgan fingerprint density at radius 2 is 2.24 bits per heavy atom. The van der Waals surface area contributed by atoms with Crippen molar-refractivity contribution in [3.8, 4) is 5.75 Å². The highest BCUT2D eigenvalue weighted by atomic mass is 32.2. The summed E-state index contributed by atoms with van der Waals surface area (Å²) in [7, 11) is -3.25. The zero-order chi connectivity index (χ0) is 12.3. The summed E-state index contributed by atoms with van der Waals surface area (Å²) in [6, 6.07) is 5.58. The highest BCUT2D eigenvalue weighted by Crippen LogP contribution is 2.33. The van der Waals surface area contributed by atoms with Gasteiger partial charge in [0.2, 0.25) is 10.0 Å². The number of ether oxygens (including phenoxy) is 1. The second kappa shape index (κ2) is 4.96. The predicted molar refractivity (Wildman–Crippen MR) is 68.0 cm³/mol. The fourth-order valence-corrected chi connectivity index (χ4v) is 3.09. The minimum Gasteiger partial charge on any atom is -0.491 e. The Morgan fingerprint density at radius 1 is 1.41 bits per heavy atom. The third-order valence-electron chi connectivity index (χ3n) is 2.67. The van der Waals surface area contributed by atoms with Crippen molar-refractivity contribution in [1.82, 2.24) is 0 Å². The Bertz CT molecular complexity index is 496. The number of anilines is 1. The van der Waals surface area contributed by atoms with E-state index in [0.29, 0.717) is 24.5 Å². The van der Waals surface area contributed by atoms with Gasteiger partial charge in [-0.3, -0.25) is 4.72 Å². The molecule has 0 radical (unpaired) electrons. The highest BCUT2D eigenvalue weighted by molar-refractivity contribution is 7.92. The fraction of sp³-hybridized carbons (Fsp3) is 0.500. The van der Waals surface area contributed by atoms with E-state index < -0.39 is 10.0 Å². The number of fused-ring (bicyclic) bond motifs is 1. The molecule has 1 aliphatic rings. The molecule has 0 aliphatic carbocycles. The Balaban J connectivity index is 2.27. The average molecular weight is 255 g/mol. The smallest absolute Gasteiger partial charge is 0.232 e. The molecule has 1 aliphatic heterocycles. The molecule has 0 unspecified atom stereocenters. The van der Waals surface area contributed by atoms with Gasteiger partial charge in [-0.25, -0.2) is 8.42 Å². The largest absolute Gasteiger partial charge is 0.491 e. The van der Waals surface area contributed by atoms with Gasteiger partial charge >= 0.3 is 0 Å². The molecule has 0 bridgehead atoms. The van der Waals surface area contributed by atoms with E-state index in [1.54, 1.807) is 6.07 Å². The van der Waals surface area contributed by atoms with Crippen molar-refractivity contribution < 1.29 is 13.2 Å². The SMILES string of the molecule is CCCS(=O)(=O)Nc1cccc2c1OCCC2. The summed E-state index contributed by atoms with van der Waals surface area (Å²) >= 11 is 0. The van der Waals surface area contributed by atoms with Gasteiger partial charge in [-0.1, -0.05) is 19.1 Å². The lowest BCUT2D eigenvalue weighted by Gasteiger charge is -2.20. The van der Waals surface area contributed by atoms with Crippen molar-refractivity contribution in [2.75, 3.05) is 17.1 Å². The van der Waals surface area contributed by atoms with Crippen LogP contribution in [0.15, 0.2) is 18.2 Å². The van der Waals surface area contributed by atoms with Crippen LogP contribution in [-0.2, 0) is 16.4 Å². The molecule has 0 atom stereocenters. The molecule has 2 rings (SSSR count). The number of hydrogen-bond acceptors (Lipinski definition) is 3. The first-order valence-corrected chi connectivity index (χ1v) is 7.53. The van der Waals surface area contributed by atoms with Crippen LogP contribution in [0.3, 0.4) is 0 Å². The number of benzene rings is 1. The first kappa shape index (κ1) is 12.2. The van der Waals surface area contributed by atoms with Crippen molar-refractivity contribution in [2.45, 2.75) is 26.2 Å². The van der Waals surface area contributed by atoms with E-state index in [2.05, 4.69) is 4.72 Å². The molecule has 0 amide bonds. The molecule has 0 saturated heterocycles. The number of para-hydroxylation sites is 1. The topological polar surface area (TPSA) is 55.4 Å². The Labute approximate surface area is 102 Å². The van der Waals surface area contributed by atoms with Gasteiger partial charge in [0, 0.05) is 0 Å². The van der Waals surface area contributed by atoms with Crippen LogP contribution in [0.2, 0.25) is 0 Å². The molecule has 1 aromatic carbocycles. The maximum Gasteiger partial charge on any atom is 0.232 e. The lowest BCUT2D eigenvalue weighted by molar-refractivity contribution is 0.290. The molecule has 0 saturated carbocycles. The van der Waals surface area contributed by atoms with Crippen LogP contribution in [0, 0.1) is 0 Å². The van der Waals surface area contributed by atoms with Crippen LogP contribution >= 0.6 is 0 Å². The van der Waals surface area contributed by atoms with Crippen LogP contribution in [0.5, 0.6) is 5.75 Å². The molecule has 0 spiro atoms. The lowest BCUT2D eigenvalue weighted by atomic mass is 10.1. The van der Waals surface area contributed by atoms with E-state index in [1.165, 1.54) is 0 Å². The molecular formula is C12H17NO3S. The Hall–Kier alpha value is -1.23. The molecule has 0 fully saturated rings. The van der Waals surface area contributed by atoms with Gasteiger partial charge in [-0.15, -0.1) is 0 Å². The first-order chi connectivity index (χ1) is 8.12. The Kier molecular flexibility index (Phi) is 3.57. The van der Waals surface area contributed by atoms with E-state index in [4.69, 9.17) is 4.74 Å². The van der Waals surface area contributed by atoms with Crippen molar-refractivity contribution in [1.29, 1.82) is 0 Å². The summed E-state index contributed by atoms with van der Waals surface area (Å²) in [5.41, 5.74) is 1.64. The number of sulfonamides is 1. The second-order valence-corrected chi connectivity index (χ2v) is 6.01. The number of rotatable bonds is 4. The van der Waals surface area contributed by atoms with Crippen LogP contribution < -0.4 is 9.46 Å². The van der Waals surface area contributed by atoms with E-state index in [1.807, 2.05) is 19.1 Å². The first-order valence-electron chi connectivity index (χ1n) is 5.87. The van der Waals surface area contributed by atoms with E-state index >= 15 is 0 Å². The van der Waals surface area contributed by atoms with E-state index in [-0.39, 0.29) is 5.75 Å². The normalized spacial score (nSPS) is 14.9. The van der Waals surface area contributed by atoms with Crippen LogP contribution in [-0.4, -0.2) is 20.8 Å². The second-order valence-electron chi connectivity index (χ2n) is 4.17. The maximum atomic E-state index is 11.7. The third-order valence-corrected chi connectivity index (χ3v) is 4.15. The molecule has 94 valence electrons. The van der Waals surface area contributed by atoms with Gasteiger partial charge in [0.15, 0.2) is 0 Å². The van der Waals surface area contributed by atoms with E-state index in [0.717, 1.165) is 18.4 Å². The van der Waals surface area contributed by atoms with Gasteiger partial charge in [-0.2, -0.15) is 0 Å². The van der Waals surface area contributed by atoms with Crippen LogP contribution in [0.1, 0.15) is 25.3 Å². The van der Waals surface area contributed by atoms with Crippen molar-refractivity contribution in [3.63, 3.8) is 0 Å². The lowest BCUT2D eigenvalue weighted by Crippen LogP contribution is -2.18. The molecule has 4 nitrogen and oxygen atoms in total. The molecular weight excluding hydrogens is 238 g/mol. The van der Waals surface area contributed by atoms with Gasteiger partial charge in [0.05, 0.1) is 18.0 Å². The molecule has 1 heterocycles. The van der Waals surface area contributed by atoms with E-state index in [9.17, 15) is 8.42 Å².